The first kappa shape index (κ1) is 10.8. The average molecular weight is 223 g/mol. The summed E-state index contributed by atoms with van der Waals surface area (Å²) in [6.07, 6.45) is 3.27. The second kappa shape index (κ2) is 4.85. The van der Waals surface area contributed by atoms with E-state index in [-0.39, 0.29) is 0 Å². The van der Waals surface area contributed by atoms with Crippen LogP contribution in [0.25, 0.3) is 0 Å². The summed E-state index contributed by atoms with van der Waals surface area (Å²) in [7, 11) is 0. The van der Waals surface area contributed by atoms with Crippen molar-refractivity contribution in [3.63, 3.8) is 0 Å². The Morgan fingerprint density at radius 2 is 2.12 bits per heavy atom. The molecule has 2 rings (SSSR count). The van der Waals surface area contributed by atoms with Crippen molar-refractivity contribution in [1.29, 1.82) is 0 Å². The summed E-state index contributed by atoms with van der Waals surface area (Å²) >= 11 is 0. The average Bonchev–Trinajstić information content (AvgIpc) is 2.74. The third-order valence-electron chi connectivity index (χ3n) is 2.20. The summed E-state index contributed by atoms with van der Waals surface area (Å²) in [6, 6.07) is 3.56. The van der Waals surface area contributed by atoms with Crippen LogP contribution in [0.1, 0.15) is 11.3 Å². The monoisotopic (exact) mass is 223 g/mol. The SMILES string of the molecule is Fc1ccc(CNCc2cnc[nH]2)c(F)c1. The standard InChI is InChI=1S/C11H11F2N3/c12-9-2-1-8(11(13)3-9)4-14-5-10-6-15-7-16-10/h1-3,6-7,14H,4-5H2,(H,15,16). The van der Waals surface area contributed by atoms with Gasteiger partial charge in [-0.25, -0.2) is 13.8 Å². The van der Waals surface area contributed by atoms with E-state index in [2.05, 4.69) is 15.3 Å². The number of nitrogens with zero attached hydrogens (tertiary/aromatic N) is 1. The molecule has 2 aromatic rings. The molecule has 1 heterocycles. The van der Waals surface area contributed by atoms with Gasteiger partial charge in [-0.05, 0) is 6.07 Å². The lowest BCUT2D eigenvalue weighted by molar-refractivity contribution is 0.559. The normalized spacial score (nSPS) is 10.6. The third-order valence-corrected chi connectivity index (χ3v) is 2.20. The van der Waals surface area contributed by atoms with Gasteiger partial charge in [0, 0.05) is 36.6 Å². The lowest BCUT2D eigenvalue weighted by atomic mass is 10.2. The molecule has 0 radical (unpaired) electrons. The zero-order chi connectivity index (χ0) is 11.4. The molecule has 0 saturated heterocycles. The van der Waals surface area contributed by atoms with Crippen LogP contribution in [0.15, 0.2) is 30.7 Å². The smallest absolute Gasteiger partial charge is 0.130 e. The molecular formula is C11H11F2N3. The van der Waals surface area contributed by atoms with E-state index < -0.39 is 11.6 Å². The topological polar surface area (TPSA) is 40.7 Å². The summed E-state index contributed by atoms with van der Waals surface area (Å²) in [5.41, 5.74) is 1.36. The predicted molar refractivity (Wildman–Crippen MR) is 55.5 cm³/mol. The Morgan fingerprint density at radius 1 is 1.25 bits per heavy atom. The van der Waals surface area contributed by atoms with Crippen LogP contribution in [0, 0.1) is 11.6 Å². The maximum absolute atomic E-state index is 13.2. The summed E-state index contributed by atoms with van der Waals surface area (Å²) < 4.78 is 25.8. The van der Waals surface area contributed by atoms with Gasteiger partial charge >= 0.3 is 0 Å². The van der Waals surface area contributed by atoms with Crippen LogP contribution in [0.2, 0.25) is 0 Å². The van der Waals surface area contributed by atoms with E-state index in [1.807, 2.05) is 0 Å². The number of nitrogens with one attached hydrogen (secondary N) is 2. The van der Waals surface area contributed by atoms with Gasteiger partial charge in [-0.3, -0.25) is 0 Å². The van der Waals surface area contributed by atoms with Crippen LogP contribution in [-0.2, 0) is 13.1 Å². The molecule has 84 valence electrons. The van der Waals surface area contributed by atoms with Gasteiger partial charge in [0.15, 0.2) is 0 Å². The van der Waals surface area contributed by atoms with Crippen molar-refractivity contribution >= 4 is 0 Å². The Bertz CT molecular complexity index is 454. The van der Waals surface area contributed by atoms with Gasteiger partial charge in [-0.15, -0.1) is 0 Å². The number of hydrogen-bond donors (Lipinski definition) is 2. The molecule has 0 aliphatic carbocycles. The highest BCUT2D eigenvalue weighted by Gasteiger charge is 2.03. The van der Waals surface area contributed by atoms with E-state index in [0.717, 1.165) is 11.8 Å². The van der Waals surface area contributed by atoms with Gasteiger partial charge in [0.1, 0.15) is 11.6 Å². The number of hydrogen-bond acceptors (Lipinski definition) is 2. The molecule has 1 aromatic heterocycles. The Hall–Kier alpha value is -1.75. The number of rotatable bonds is 4. The van der Waals surface area contributed by atoms with Gasteiger partial charge in [0.2, 0.25) is 0 Å². The molecule has 0 bridgehead atoms. The molecule has 2 N–H and O–H groups in total. The minimum Gasteiger partial charge on any atom is -0.347 e. The highest BCUT2D eigenvalue weighted by atomic mass is 19.1. The Morgan fingerprint density at radius 3 is 2.81 bits per heavy atom. The summed E-state index contributed by atoms with van der Waals surface area (Å²) in [6.45, 7) is 0.919. The number of aromatic amines is 1. The maximum atomic E-state index is 13.2. The van der Waals surface area contributed by atoms with E-state index >= 15 is 0 Å². The fraction of sp³-hybridized carbons (Fsp3) is 0.182. The van der Waals surface area contributed by atoms with Crippen molar-refractivity contribution in [2.45, 2.75) is 13.1 Å². The van der Waals surface area contributed by atoms with Crippen LogP contribution < -0.4 is 5.32 Å². The van der Waals surface area contributed by atoms with E-state index in [4.69, 9.17) is 0 Å². The van der Waals surface area contributed by atoms with Gasteiger partial charge in [0.05, 0.1) is 6.33 Å². The summed E-state index contributed by atoms with van der Waals surface area (Å²) in [5.74, 6) is -1.09. The molecule has 0 unspecified atom stereocenters. The zero-order valence-corrected chi connectivity index (χ0v) is 8.50. The van der Waals surface area contributed by atoms with Crippen molar-refractivity contribution in [2.24, 2.45) is 0 Å². The Balaban J connectivity index is 1.90. The molecule has 3 nitrogen and oxygen atoms in total. The molecule has 0 spiro atoms. The second-order valence-corrected chi connectivity index (χ2v) is 3.42. The lowest BCUT2D eigenvalue weighted by Gasteiger charge is -2.04. The fourth-order valence-electron chi connectivity index (χ4n) is 1.38. The molecule has 0 fully saturated rings. The number of aromatic nitrogens is 2. The second-order valence-electron chi connectivity index (χ2n) is 3.42. The fourth-order valence-corrected chi connectivity index (χ4v) is 1.38. The number of benzene rings is 1. The van der Waals surface area contributed by atoms with E-state index in [1.165, 1.54) is 12.1 Å². The molecule has 0 aliphatic heterocycles. The van der Waals surface area contributed by atoms with Crippen molar-refractivity contribution in [2.75, 3.05) is 0 Å². The first-order chi connectivity index (χ1) is 7.75. The molecule has 0 aliphatic rings. The lowest BCUT2D eigenvalue weighted by Crippen LogP contribution is -2.14. The molecule has 1 aromatic carbocycles. The number of halogens is 2. The highest BCUT2D eigenvalue weighted by molar-refractivity contribution is 5.18. The molecule has 0 atom stereocenters. The Labute approximate surface area is 91.5 Å². The number of H-pyrrole nitrogens is 1. The van der Waals surface area contributed by atoms with Crippen LogP contribution in [0.5, 0.6) is 0 Å². The summed E-state index contributed by atoms with van der Waals surface area (Å²) in [5, 5.41) is 3.03. The minimum absolute atomic E-state index is 0.352. The molecule has 0 amide bonds. The maximum Gasteiger partial charge on any atom is 0.130 e. The predicted octanol–water partition coefficient (Wildman–Crippen LogP) is 1.98. The van der Waals surface area contributed by atoms with Crippen LogP contribution in [0.4, 0.5) is 8.78 Å². The van der Waals surface area contributed by atoms with Gasteiger partial charge in [-0.1, -0.05) is 6.07 Å². The van der Waals surface area contributed by atoms with Crippen LogP contribution in [-0.4, -0.2) is 9.97 Å². The van der Waals surface area contributed by atoms with Gasteiger partial charge < -0.3 is 10.3 Å². The third kappa shape index (κ3) is 2.64. The van der Waals surface area contributed by atoms with E-state index in [1.54, 1.807) is 12.5 Å². The van der Waals surface area contributed by atoms with Gasteiger partial charge in [-0.2, -0.15) is 0 Å². The Kier molecular flexibility index (Phi) is 3.26. The van der Waals surface area contributed by atoms with E-state index in [9.17, 15) is 8.78 Å². The largest absolute Gasteiger partial charge is 0.347 e. The van der Waals surface area contributed by atoms with Crippen LogP contribution >= 0.6 is 0 Å². The first-order valence-electron chi connectivity index (χ1n) is 4.87. The van der Waals surface area contributed by atoms with Crippen molar-refractivity contribution in [3.05, 3.63) is 53.6 Å². The minimum atomic E-state index is -0.560. The molecule has 0 saturated carbocycles. The first-order valence-corrected chi connectivity index (χ1v) is 4.87. The van der Waals surface area contributed by atoms with Crippen molar-refractivity contribution in [3.8, 4) is 0 Å². The quantitative estimate of drug-likeness (QED) is 0.832. The molecule has 5 heteroatoms. The highest BCUT2D eigenvalue weighted by Crippen LogP contribution is 2.09. The van der Waals surface area contributed by atoms with Crippen LogP contribution in [0.3, 0.4) is 0 Å². The molecular weight excluding hydrogens is 212 g/mol. The van der Waals surface area contributed by atoms with E-state index in [0.29, 0.717) is 18.7 Å². The van der Waals surface area contributed by atoms with Crippen molar-refractivity contribution in [1.82, 2.24) is 15.3 Å². The molecule has 16 heavy (non-hydrogen) atoms. The van der Waals surface area contributed by atoms with Crippen molar-refractivity contribution < 1.29 is 8.78 Å². The number of imidazole rings is 1. The summed E-state index contributed by atoms with van der Waals surface area (Å²) in [4.78, 5) is 6.78. The zero-order valence-electron chi connectivity index (χ0n) is 8.50. The van der Waals surface area contributed by atoms with Gasteiger partial charge in [0.25, 0.3) is 0 Å².